The third-order valence-corrected chi connectivity index (χ3v) is 7.07. The molecule has 0 bridgehead atoms. The van der Waals surface area contributed by atoms with Crippen LogP contribution in [0, 0.1) is 5.82 Å². The van der Waals surface area contributed by atoms with Crippen molar-refractivity contribution in [3.63, 3.8) is 0 Å². The van der Waals surface area contributed by atoms with Crippen LogP contribution in [0.5, 0.6) is 11.5 Å². The summed E-state index contributed by atoms with van der Waals surface area (Å²) >= 11 is 1.59. The maximum absolute atomic E-state index is 13.5. The molecular formula is C32H24FNO4S. The van der Waals surface area contributed by atoms with Gasteiger partial charge in [-0.25, -0.2) is 9.18 Å². The molecule has 0 fully saturated rings. The van der Waals surface area contributed by atoms with Crippen molar-refractivity contribution in [1.82, 2.24) is 5.32 Å². The minimum Gasteiger partial charge on any atom is -0.465 e. The Balaban J connectivity index is 1.45. The highest BCUT2D eigenvalue weighted by Gasteiger charge is 2.18. The topological polar surface area (TPSA) is 64.6 Å². The summed E-state index contributed by atoms with van der Waals surface area (Å²) in [5, 5.41) is 4.97. The van der Waals surface area contributed by atoms with E-state index >= 15 is 0 Å². The molecule has 1 aromatic heterocycles. The van der Waals surface area contributed by atoms with Gasteiger partial charge in [-0.3, -0.25) is 4.79 Å². The van der Waals surface area contributed by atoms with Crippen LogP contribution in [0.3, 0.4) is 0 Å². The number of hydrogen-bond donors (Lipinski definition) is 1. The van der Waals surface area contributed by atoms with Gasteiger partial charge in [0.15, 0.2) is 0 Å². The first-order valence-corrected chi connectivity index (χ1v) is 13.1. The fourth-order valence-corrected chi connectivity index (χ4v) is 5.02. The van der Waals surface area contributed by atoms with E-state index in [-0.39, 0.29) is 18.3 Å². The molecule has 0 saturated heterocycles. The average Bonchev–Trinajstić information content (AvgIpc) is 3.48. The lowest BCUT2D eigenvalue weighted by Gasteiger charge is -2.14. The molecule has 1 N–H and O–H groups in total. The third kappa shape index (κ3) is 6.05. The van der Waals surface area contributed by atoms with E-state index in [2.05, 4.69) is 23.5 Å². The van der Waals surface area contributed by atoms with Crippen LogP contribution in [0.1, 0.15) is 26.3 Å². The number of ether oxygens (including phenoxy) is 2. The molecule has 5 rings (SSSR count). The number of hydrogen-bond acceptors (Lipinski definition) is 5. The first-order chi connectivity index (χ1) is 19.0. The van der Waals surface area contributed by atoms with Crippen molar-refractivity contribution in [2.24, 2.45) is 0 Å². The van der Waals surface area contributed by atoms with Crippen molar-refractivity contribution in [1.29, 1.82) is 0 Å². The molecule has 0 atom stereocenters. The number of nitrogens with one attached hydrogen (secondary N) is 1. The summed E-state index contributed by atoms with van der Waals surface area (Å²) in [5.74, 6) is -0.364. The van der Waals surface area contributed by atoms with Crippen molar-refractivity contribution < 1.29 is 23.5 Å². The predicted molar refractivity (Wildman–Crippen MR) is 151 cm³/mol. The molecule has 0 aliphatic carbocycles. The Kier molecular flexibility index (Phi) is 7.80. The summed E-state index contributed by atoms with van der Waals surface area (Å²) < 4.78 is 24.2. The fourth-order valence-electron chi connectivity index (χ4n) is 4.10. The quantitative estimate of drug-likeness (QED) is 0.206. The van der Waals surface area contributed by atoms with Gasteiger partial charge in [0.2, 0.25) is 0 Å². The molecule has 194 valence electrons. The highest BCUT2D eigenvalue weighted by atomic mass is 32.1. The average molecular weight is 538 g/mol. The van der Waals surface area contributed by atoms with Crippen molar-refractivity contribution >= 4 is 23.2 Å². The first kappa shape index (κ1) is 25.9. The van der Waals surface area contributed by atoms with Crippen LogP contribution in [0.25, 0.3) is 21.6 Å². The van der Waals surface area contributed by atoms with E-state index in [0.29, 0.717) is 22.6 Å². The van der Waals surface area contributed by atoms with Crippen molar-refractivity contribution in [3.05, 3.63) is 131 Å². The van der Waals surface area contributed by atoms with Crippen LogP contribution in [0.15, 0.2) is 109 Å². The van der Waals surface area contributed by atoms with Crippen LogP contribution >= 0.6 is 11.3 Å². The van der Waals surface area contributed by atoms with Gasteiger partial charge >= 0.3 is 5.97 Å². The Labute approximate surface area is 229 Å². The fraction of sp³-hybridized carbons (Fsp3) is 0.0625. The normalized spacial score (nSPS) is 10.6. The number of carbonyl (C=O) groups excluding carboxylic acids is 2. The van der Waals surface area contributed by atoms with Gasteiger partial charge in [0.25, 0.3) is 5.91 Å². The van der Waals surface area contributed by atoms with Gasteiger partial charge in [-0.05, 0) is 82.7 Å². The molecule has 5 aromatic rings. The first-order valence-electron chi connectivity index (χ1n) is 12.2. The number of benzene rings is 4. The van der Waals surface area contributed by atoms with Crippen molar-refractivity contribution in [3.8, 4) is 33.1 Å². The molecule has 0 aliphatic heterocycles. The number of amides is 1. The standard InChI is InChI=1S/C32H24FNO4S/c1-37-32(36)23-9-7-21(8-10-23)20-34-31(35)28-19-24(11-16-29(28)38-26-14-12-25(33)13-15-26)30-27(17-18-39-30)22-5-3-2-4-6-22/h2-19H,20H2,1H3,(H,34,35). The molecule has 0 radical (unpaired) electrons. The summed E-state index contributed by atoms with van der Waals surface area (Å²) in [5.41, 5.74) is 4.63. The van der Waals surface area contributed by atoms with Crippen LogP contribution in [0.4, 0.5) is 4.39 Å². The summed E-state index contributed by atoms with van der Waals surface area (Å²) in [6, 6.07) is 30.1. The summed E-state index contributed by atoms with van der Waals surface area (Å²) in [4.78, 5) is 26.2. The van der Waals surface area contributed by atoms with E-state index in [0.717, 1.165) is 27.1 Å². The number of rotatable bonds is 8. The van der Waals surface area contributed by atoms with Gasteiger partial charge in [0.1, 0.15) is 17.3 Å². The van der Waals surface area contributed by atoms with Gasteiger partial charge in [-0.2, -0.15) is 0 Å². The van der Waals surface area contributed by atoms with Crippen LogP contribution in [-0.2, 0) is 11.3 Å². The molecular weight excluding hydrogens is 513 g/mol. The maximum Gasteiger partial charge on any atom is 0.337 e. The number of esters is 1. The number of thiophene rings is 1. The lowest BCUT2D eigenvalue weighted by atomic mass is 10.0. The van der Waals surface area contributed by atoms with E-state index in [1.807, 2.05) is 35.7 Å². The second-order valence-electron chi connectivity index (χ2n) is 8.67. The SMILES string of the molecule is COC(=O)c1ccc(CNC(=O)c2cc(-c3sccc3-c3ccccc3)ccc2Oc2ccc(F)cc2)cc1. The molecule has 0 spiro atoms. The molecule has 0 unspecified atom stereocenters. The van der Waals surface area contributed by atoms with Gasteiger partial charge in [0, 0.05) is 17.0 Å². The second-order valence-corrected chi connectivity index (χ2v) is 9.58. The van der Waals surface area contributed by atoms with Crippen molar-refractivity contribution in [2.45, 2.75) is 6.54 Å². The van der Waals surface area contributed by atoms with Crippen LogP contribution in [-0.4, -0.2) is 19.0 Å². The third-order valence-electron chi connectivity index (χ3n) is 6.11. The van der Waals surface area contributed by atoms with E-state index in [1.165, 1.54) is 31.4 Å². The Morgan fingerprint density at radius 3 is 2.31 bits per heavy atom. The maximum atomic E-state index is 13.5. The second kappa shape index (κ2) is 11.8. The number of methoxy groups -OCH3 is 1. The van der Waals surface area contributed by atoms with E-state index in [1.54, 1.807) is 41.7 Å². The molecule has 4 aromatic carbocycles. The zero-order chi connectivity index (χ0) is 27.2. The minimum atomic E-state index is -0.423. The van der Waals surface area contributed by atoms with E-state index in [9.17, 15) is 14.0 Å². The molecule has 1 amide bonds. The van der Waals surface area contributed by atoms with E-state index in [4.69, 9.17) is 9.47 Å². The highest BCUT2D eigenvalue weighted by Crippen LogP contribution is 2.39. The summed E-state index contributed by atoms with van der Waals surface area (Å²) in [6.07, 6.45) is 0. The lowest BCUT2D eigenvalue weighted by Crippen LogP contribution is -2.23. The van der Waals surface area contributed by atoms with E-state index < -0.39 is 5.97 Å². The Morgan fingerprint density at radius 1 is 0.846 bits per heavy atom. The zero-order valence-electron chi connectivity index (χ0n) is 21.0. The van der Waals surface area contributed by atoms with Crippen LogP contribution < -0.4 is 10.1 Å². The summed E-state index contributed by atoms with van der Waals surface area (Å²) in [6.45, 7) is 0.245. The van der Waals surface area contributed by atoms with Crippen LogP contribution in [0.2, 0.25) is 0 Å². The molecule has 1 heterocycles. The van der Waals surface area contributed by atoms with Gasteiger partial charge in [-0.15, -0.1) is 11.3 Å². The van der Waals surface area contributed by atoms with Gasteiger partial charge < -0.3 is 14.8 Å². The smallest absolute Gasteiger partial charge is 0.337 e. The predicted octanol–water partition coefficient (Wildman–Crippen LogP) is 7.73. The lowest BCUT2D eigenvalue weighted by molar-refractivity contribution is 0.0600. The molecule has 0 aliphatic rings. The van der Waals surface area contributed by atoms with Gasteiger partial charge in [0.05, 0.1) is 18.2 Å². The Hall–Kier alpha value is -4.75. The minimum absolute atomic E-state index is 0.245. The number of halogens is 1. The largest absolute Gasteiger partial charge is 0.465 e. The Bertz CT molecular complexity index is 1600. The van der Waals surface area contributed by atoms with Crippen molar-refractivity contribution in [2.75, 3.05) is 7.11 Å². The zero-order valence-corrected chi connectivity index (χ0v) is 21.8. The molecule has 7 heteroatoms. The molecule has 39 heavy (non-hydrogen) atoms. The molecule has 5 nitrogen and oxygen atoms in total. The number of carbonyl (C=O) groups is 2. The monoisotopic (exact) mass is 537 g/mol. The molecule has 0 saturated carbocycles. The highest BCUT2D eigenvalue weighted by molar-refractivity contribution is 7.14. The van der Waals surface area contributed by atoms with Gasteiger partial charge in [-0.1, -0.05) is 42.5 Å². The Morgan fingerprint density at radius 2 is 1.59 bits per heavy atom. The summed E-state index contributed by atoms with van der Waals surface area (Å²) in [7, 11) is 1.33.